The minimum atomic E-state index is -3.11. The minimum absolute atomic E-state index is 0.312. The Bertz CT molecular complexity index is 509. The third kappa shape index (κ3) is 5.18. The van der Waals surface area contributed by atoms with Gasteiger partial charge in [0.15, 0.2) is 0 Å². The number of hydrogen-bond acceptors (Lipinski definition) is 5. The van der Waals surface area contributed by atoms with Crippen molar-refractivity contribution in [2.75, 3.05) is 6.61 Å². The maximum absolute atomic E-state index is 11.7. The Morgan fingerprint density at radius 1 is 1.08 bits per heavy atom. The molecule has 0 N–H and O–H groups in total. The van der Waals surface area contributed by atoms with Crippen LogP contribution in [-0.2, 0) is 15.9 Å². The molecule has 1 fully saturated rings. The van der Waals surface area contributed by atoms with Crippen molar-refractivity contribution in [3.8, 4) is 0 Å². The average molecular weight is 443 g/mol. The maximum atomic E-state index is 11.7. The van der Waals surface area contributed by atoms with Crippen molar-refractivity contribution in [3.05, 3.63) is 35.4 Å². The molecule has 2 rings (SSSR count). The molecule has 1 atom stereocenters. The topological polar surface area (TPSA) is 54.0 Å². The number of rotatable bonds is 9. The van der Waals surface area contributed by atoms with Crippen molar-refractivity contribution < 1.29 is 20.7 Å². The fourth-order valence-electron chi connectivity index (χ4n) is 2.70. The summed E-state index contributed by atoms with van der Waals surface area (Å²) in [6.07, 6.45) is 4.05. The van der Waals surface area contributed by atoms with E-state index in [2.05, 4.69) is 13.8 Å². The molecule has 24 heavy (non-hydrogen) atoms. The summed E-state index contributed by atoms with van der Waals surface area (Å²) >= 11 is -3.11. The second-order valence-corrected chi connectivity index (χ2v) is 15.3. The zero-order chi connectivity index (χ0) is 17.4. The molecule has 134 valence electrons. The number of esters is 1. The van der Waals surface area contributed by atoms with E-state index >= 15 is 0 Å². The third-order valence-corrected chi connectivity index (χ3v) is 13.5. The van der Waals surface area contributed by atoms with Crippen molar-refractivity contribution in [3.63, 3.8) is 0 Å². The van der Waals surface area contributed by atoms with Crippen LogP contribution in [0.5, 0.6) is 0 Å². The normalized spacial score (nSPS) is 19.4. The summed E-state index contributed by atoms with van der Waals surface area (Å²) in [6, 6.07) is 7.19. The molecule has 0 spiro atoms. The molecule has 0 saturated carbocycles. The van der Waals surface area contributed by atoms with Gasteiger partial charge in [-0.2, -0.15) is 0 Å². The van der Waals surface area contributed by atoms with Gasteiger partial charge >= 0.3 is 150 Å². The van der Waals surface area contributed by atoms with Gasteiger partial charge in [0.1, 0.15) is 0 Å². The Kier molecular flexibility index (Phi) is 8.00. The number of benzene rings is 1. The molecule has 5 nitrogen and oxygen atoms in total. The van der Waals surface area contributed by atoms with Gasteiger partial charge in [0.05, 0.1) is 0 Å². The molecule has 0 amide bonds. The monoisotopic (exact) mass is 444 g/mol. The van der Waals surface area contributed by atoms with Gasteiger partial charge in [0, 0.05) is 0 Å². The zero-order valence-electron chi connectivity index (χ0n) is 14.9. The van der Waals surface area contributed by atoms with Crippen LogP contribution in [0.2, 0.25) is 8.87 Å². The van der Waals surface area contributed by atoms with Crippen LogP contribution in [-0.4, -0.2) is 31.8 Å². The quantitative estimate of drug-likeness (QED) is 0.310. The van der Waals surface area contributed by atoms with E-state index in [9.17, 15) is 4.79 Å². The Morgan fingerprint density at radius 2 is 1.71 bits per heavy atom. The number of unbranched alkanes of at least 4 members (excludes halogenated alkanes) is 2. The molecular formula is C18H28O5Sn. The van der Waals surface area contributed by atoms with E-state index < -0.39 is 25.5 Å². The first-order valence-electron chi connectivity index (χ1n) is 8.93. The Labute approximate surface area is 149 Å². The van der Waals surface area contributed by atoms with Gasteiger partial charge in [-0.15, -0.1) is 0 Å². The van der Waals surface area contributed by atoms with E-state index in [4.69, 9.17) is 15.9 Å². The second-order valence-electron chi connectivity index (χ2n) is 6.09. The Morgan fingerprint density at radius 3 is 2.25 bits per heavy atom. The summed E-state index contributed by atoms with van der Waals surface area (Å²) in [5.74, 6) is -0.312. The number of hydrogen-bond donors (Lipinski definition) is 0. The van der Waals surface area contributed by atoms with Crippen molar-refractivity contribution in [1.82, 2.24) is 0 Å². The predicted molar refractivity (Wildman–Crippen MR) is 93.6 cm³/mol. The van der Waals surface area contributed by atoms with Gasteiger partial charge < -0.3 is 0 Å². The van der Waals surface area contributed by atoms with Gasteiger partial charge in [-0.05, 0) is 0 Å². The summed E-state index contributed by atoms with van der Waals surface area (Å²) in [5, 5.41) is 0. The molecule has 1 aliphatic heterocycles. The van der Waals surface area contributed by atoms with Crippen molar-refractivity contribution in [2.45, 2.75) is 61.6 Å². The molecule has 6 heteroatoms. The average Bonchev–Trinajstić information content (AvgIpc) is 3.03. The van der Waals surface area contributed by atoms with Crippen LogP contribution >= 0.6 is 0 Å². The van der Waals surface area contributed by atoms with E-state index in [1.165, 1.54) is 0 Å². The van der Waals surface area contributed by atoms with Crippen LogP contribution in [0.4, 0.5) is 0 Å². The van der Waals surface area contributed by atoms with Gasteiger partial charge in [-0.3, -0.25) is 0 Å². The predicted octanol–water partition coefficient (Wildman–Crippen LogP) is 4.88. The van der Waals surface area contributed by atoms with Crippen LogP contribution in [0, 0.1) is 0 Å². The molecule has 0 aliphatic carbocycles. The SMILES string of the molecule is CCC[CH2][Sn]1([CH2]CCC)[O]O[C@@H](c2ccc(C(=O)OCC)cc2)[O]1. The van der Waals surface area contributed by atoms with Crippen LogP contribution in [0.15, 0.2) is 24.3 Å². The Balaban J connectivity index is 2.03. The third-order valence-electron chi connectivity index (χ3n) is 4.13. The van der Waals surface area contributed by atoms with E-state index in [1.54, 1.807) is 19.1 Å². The number of ether oxygens (including phenoxy) is 1. The molecule has 0 radical (unpaired) electrons. The fourth-order valence-corrected chi connectivity index (χ4v) is 12.1. The van der Waals surface area contributed by atoms with E-state index in [0.717, 1.165) is 40.1 Å². The molecule has 1 saturated heterocycles. The van der Waals surface area contributed by atoms with E-state index in [0.29, 0.717) is 12.2 Å². The van der Waals surface area contributed by atoms with Gasteiger partial charge in [0.25, 0.3) is 0 Å². The second kappa shape index (κ2) is 9.75. The first-order valence-corrected chi connectivity index (χ1v) is 15.3. The van der Waals surface area contributed by atoms with Gasteiger partial charge in [-0.25, -0.2) is 0 Å². The van der Waals surface area contributed by atoms with Crippen molar-refractivity contribution in [1.29, 1.82) is 0 Å². The van der Waals surface area contributed by atoms with Crippen LogP contribution in [0.3, 0.4) is 0 Å². The Hall–Kier alpha value is -0.631. The standard InChI is InChI=1S/C10H11O5.2C4H9.Sn/c1-2-14-9(11)7-3-5-8(6-4-7)10(12)15-13;2*1-3-4-2;/h3-6,10,13H,2H2,1H3;2*1,3-4H2,2H3;/q-1;;;+2/p-1/t10-;;;/m0.../s1. The summed E-state index contributed by atoms with van der Waals surface area (Å²) in [6.45, 7) is 6.53. The number of carbonyl (C=O) groups excluding carboxylic acids is 1. The first kappa shape index (κ1) is 19.7. The molecule has 0 unspecified atom stereocenters. The molecule has 1 heterocycles. The molecule has 0 bridgehead atoms. The van der Waals surface area contributed by atoms with Crippen molar-refractivity contribution >= 4 is 25.2 Å². The molecule has 0 aromatic heterocycles. The van der Waals surface area contributed by atoms with Crippen molar-refractivity contribution in [2.24, 2.45) is 0 Å². The van der Waals surface area contributed by atoms with Crippen LogP contribution in [0.25, 0.3) is 0 Å². The summed E-state index contributed by atoms with van der Waals surface area (Å²) in [7, 11) is 0. The molecule has 1 aromatic carbocycles. The van der Waals surface area contributed by atoms with E-state index in [-0.39, 0.29) is 5.97 Å². The summed E-state index contributed by atoms with van der Waals surface area (Å²) in [4.78, 5) is 17.3. The van der Waals surface area contributed by atoms with Gasteiger partial charge in [-0.1, -0.05) is 0 Å². The van der Waals surface area contributed by atoms with E-state index in [1.807, 2.05) is 12.1 Å². The summed E-state index contributed by atoms with van der Waals surface area (Å²) in [5.41, 5.74) is 1.42. The summed E-state index contributed by atoms with van der Waals surface area (Å²) < 4.78 is 19.2. The molecule has 1 aliphatic rings. The zero-order valence-corrected chi connectivity index (χ0v) is 17.7. The molecule has 1 aromatic rings. The van der Waals surface area contributed by atoms with Gasteiger partial charge in [0.2, 0.25) is 0 Å². The molecular weight excluding hydrogens is 415 g/mol. The fraction of sp³-hybridized carbons (Fsp3) is 0.611. The number of carbonyl (C=O) groups is 1. The van der Waals surface area contributed by atoms with Crippen LogP contribution < -0.4 is 0 Å². The van der Waals surface area contributed by atoms with Crippen LogP contribution in [0.1, 0.15) is 68.7 Å². The first-order chi connectivity index (χ1) is 11.6.